The van der Waals surface area contributed by atoms with E-state index in [1.165, 1.54) is 17.0 Å². The summed E-state index contributed by atoms with van der Waals surface area (Å²) in [6.07, 6.45) is 1.95. The van der Waals surface area contributed by atoms with Gasteiger partial charge in [0.05, 0.1) is 17.7 Å². The Kier molecular flexibility index (Phi) is 11.5. The van der Waals surface area contributed by atoms with Crippen molar-refractivity contribution in [2.75, 3.05) is 24.5 Å². The molecule has 0 aliphatic carbocycles. The second-order valence-corrected chi connectivity index (χ2v) is 12.2. The molecule has 0 aliphatic heterocycles. The normalized spacial score (nSPS) is 11.8. The molecule has 0 aromatic heterocycles. The van der Waals surface area contributed by atoms with Gasteiger partial charge in [-0.2, -0.15) is 0 Å². The van der Waals surface area contributed by atoms with Crippen LogP contribution in [0.5, 0.6) is 5.75 Å². The van der Waals surface area contributed by atoms with Crippen LogP contribution in [0.15, 0.2) is 120 Å². The summed E-state index contributed by atoms with van der Waals surface area (Å²) in [5.74, 6) is -0.196. The van der Waals surface area contributed by atoms with Crippen LogP contribution in [0.25, 0.3) is 0 Å². The van der Waals surface area contributed by atoms with E-state index in [0.717, 1.165) is 28.3 Å². The van der Waals surface area contributed by atoms with Crippen LogP contribution in [0.3, 0.4) is 0 Å². The molecule has 0 fully saturated rings. The van der Waals surface area contributed by atoms with Gasteiger partial charge >= 0.3 is 0 Å². The van der Waals surface area contributed by atoms with E-state index < -0.39 is 28.5 Å². The van der Waals surface area contributed by atoms with Gasteiger partial charge in [0.2, 0.25) is 11.8 Å². The molecule has 0 spiro atoms. The molecule has 1 N–H and O–H groups in total. The van der Waals surface area contributed by atoms with Crippen LogP contribution >= 0.6 is 0 Å². The van der Waals surface area contributed by atoms with Gasteiger partial charge in [-0.15, -0.1) is 0 Å². The molecular weight excluding hydrogens is 574 g/mol. The minimum Gasteiger partial charge on any atom is -0.497 e. The van der Waals surface area contributed by atoms with Crippen LogP contribution in [-0.4, -0.2) is 51.4 Å². The quantitative estimate of drug-likeness (QED) is 0.180. The van der Waals surface area contributed by atoms with E-state index in [9.17, 15) is 18.0 Å². The number of sulfonamides is 1. The molecule has 4 aromatic carbocycles. The van der Waals surface area contributed by atoms with Crippen molar-refractivity contribution in [1.82, 2.24) is 10.2 Å². The molecule has 4 aromatic rings. The topological polar surface area (TPSA) is 96.0 Å². The summed E-state index contributed by atoms with van der Waals surface area (Å²) in [5.41, 5.74) is 1.97. The molecule has 0 saturated heterocycles. The van der Waals surface area contributed by atoms with Crippen molar-refractivity contribution in [3.63, 3.8) is 0 Å². The number of anilines is 1. The number of nitrogens with one attached hydrogen (secondary N) is 1. The van der Waals surface area contributed by atoms with Gasteiger partial charge < -0.3 is 15.0 Å². The van der Waals surface area contributed by atoms with Crippen molar-refractivity contribution in [2.45, 2.75) is 43.7 Å². The number of nitrogens with zero attached hydrogens (tertiary/aromatic N) is 2. The Morgan fingerprint density at radius 2 is 1.43 bits per heavy atom. The number of para-hydroxylation sites is 1. The lowest BCUT2D eigenvalue weighted by Crippen LogP contribution is -2.53. The van der Waals surface area contributed by atoms with Gasteiger partial charge in [0, 0.05) is 19.5 Å². The minimum atomic E-state index is -4.12. The molecule has 0 radical (unpaired) electrons. The second-order valence-electron chi connectivity index (χ2n) is 10.4. The maximum atomic E-state index is 14.4. The highest BCUT2D eigenvalue weighted by atomic mass is 32.2. The highest BCUT2D eigenvalue weighted by Crippen LogP contribution is 2.25. The van der Waals surface area contributed by atoms with Crippen molar-refractivity contribution >= 4 is 27.5 Å². The van der Waals surface area contributed by atoms with Crippen LogP contribution in [0.2, 0.25) is 0 Å². The fourth-order valence-electron chi connectivity index (χ4n) is 4.87. The largest absolute Gasteiger partial charge is 0.497 e. The Morgan fingerprint density at radius 1 is 0.818 bits per heavy atom. The van der Waals surface area contributed by atoms with Crippen molar-refractivity contribution < 1.29 is 22.7 Å². The van der Waals surface area contributed by atoms with Crippen LogP contribution in [-0.2, 0) is 32.6 Å². The van der Waals surface area contributed by atoms with Crippen LogP contribution in [0.1, 0.15) is 30.9 Å². The molecule has 0 aliphatic rings. The fourth-order valence-corrected chi connectivity index (χ4v) is 6.31. The molecule has 44 heavy (non-hydrogen) atoms. The summed E-state index contributed by atoms with van der Waals surface area (Å²) in [6, 6.07) is 32.4. The second kappa shape index (κ2) is 15.7. The monoisotopic (exact) mass is 613 g/mol. The molecular formula is C35H39N3O5S. The third-order valence-corrected chi connectivity index (χ3v) is 9.03. The van der Waals surface area contributed by atoms with Crippen LogP contribution in [0, 0.1) is 0 Å². The van der Waals surface area contributed by atoms with Gasteiger partial charge in [-0.3, -0.25) is 13.9 Å². The van der Waals surface area contributed by atoms with E-state index in [2.05, 4.69) is 5.32 Å². The maximum Gasteiger partial charge on any atom is 0.264 e. The maximum absolute atomic E-state index is 14.4. The van der Waals surface area contributed by atoms with E-state index in [1.807, 2.05) is 55.5 Å². The number of methoxy groups -OCH3 is 1. The predicted molar refractivity (Wildman–Crippen MR) is 173 cm³/mol. The molecule has 1 atom stereocenters. The van der Waals surface area contributed by atoms with E-state index in [0.29, 0.717) is 18.0 Å². The lowest BCUT2D eigenvalue weighted by atomic mass is 10.0. The molecule has 0 unspecified atom stereocenters. The lowest BCUT2D eigenvalue weighted by molar-refractivity contribution is -0.140. The number of rotatable bonds is 15. The Labute approximate surface area is 260 Å². The average molecular weight is 614 g/mol. The molecule has 0 bridgehead atoms. The minimum absolute atomic E-state index is 0.0640. The molecule has 2 amide bonds. The van der Waals surface area contributed by atoms with Crippen molar-refractivity contribution in [3.05, 3.63) is 126 Å². The van der Waals surface area contributed by atoms with E-state index >= 15 is 0 Å². The van der Waals surface area contributed by atoms with Gasteiger partial charge in [-0.1, -0.05) is 92.2 Å². The van der Waals surface area contributed by atoms with E-state index in [1.54, 1.807) is 61.7 Å². The standard InChI is InChI=1S/C35H39N3O5S/c1-3-4-23-36-35(40)33(25-28-15-8-5-9-16-28)37(26-29-17-14-20-31(24-29)43-2)34(39)27-38(30-18-10-6-11-19-30)44(41,42)32-21-12-7-13-22-32/h5-22,24,33H,3-4,23,25-27H2,1-2H3,(H,36,40)/t33-/m1/s1. The first-order chi connectivity index (χ1) is 21.3. The van der Waals surface area contributed by atoms with E-state index in [-0.39, 0.29) is 23.8 Å². The number of carbonyl (C=O) groups is 2. The average Bonchev–Trinajstić information content (AvgIpc) is 3.06. The first kappa shape index (κ1) is 32.3. The predicted octanol–water partition coefficient (Wildman–Crippen LogP) is 5.45. The number of hydrogen-bond acceptors (Lipinski definition) is 5. The number of hydrogen-bond donors (Lipinski definition) is 1. The zero-order valence-electron chi connectivity index (χ0n) is 25.1. The molecule has 230 valence electrons. The van der Waals surface area contributed by atoms with Gasteiger partial charge in [0.25, 0.3) is 10.0 Å². The number of carbonyl (C=O) groups excluding carboxylic acids is 2. The molecule has 4 rings (SSSR count). The Morgan fingerprint density at radius 3 is 2.07 bits per heavy atom. The number of ether oxygens (including phenoxy) is 1. The Hall–Kier alpha value is -4.63. The van der Waals surface area contributed by atoms with Crippen molar-refractivity contribution in [3.8, 4) is 5.75 Å². The summed E-state index contributed by atoms with van der Waals surface area (Å²) in [4.78, 5) is 29.8. The zero-order chi connectivity index (χ0) is 31.4. The fraction of sp³-hybridized carbons (Fsp3) is 0.257. The van der Waals surface area contributed by atoms with Gasteiger partial charge in [-0.05, 0) is 53.9 Å². The zero-order valence-corrected chi connectivity index (χ0v) is 26.0. The highest BCUT2D eigenvalue weighted by molar-refractivity contribution is 7.92. The summed E-state index contributed by atoms with van der Waals surface area (Å²) >= 11 is 0. The van der Waals surface area contributed by atoms with Crippen LogP contribution < -0.4 is 14.4 Å². The number of unbranched alkanes of at least 4 members (excludes halogenated alkanes) is 1. The summed E-state index contributed by atoms with van der Waals surface area (Å²) in [6.45, 7) is 2.08. The van der Waals surface area contributed by atoms with E-state index in [4.69, 9.17) is 4.74 Å². The Bertz CT molecular complexity index is 1600. The first-order valence-corrected chi connectivity index (χ1v) is 16.1. The van der Waals surface area contributed by atoms with Crippen molar-refractivity contribution in [1.29, 1.82) is 0 Å². The lowest BCUT2D eigenvalue weighted by Gasteiger charge is -2.34. The summed E-state index contributed by atoms with van der Waals surface area (Å²) < 4.78 is 34.4. The van der Waals surface area contributed by atoms with Gasteiger partial charge in [0.1, 0.15) is 18.3 Å². The van der Waals surface area contributed by atoms with Gasteiger partial charge in [-0.25, -0.2) is 8.42 Å². The molecule has 8 nitrogen and oxygen atoms in total. The van der Waals surface area contributed by atoms with Gasteiger partial charge in [0.15, 0.2) is 0 Å². The molecule has 0 heterocycles. The summed E-state index contributed by atoms with van der Waals surface area (Å²) in [5, 5.41) is 3.00. The Balaban J connectivity index is 1.77. The SMILES string of the molecule is CCCCNC(=O)[C@@H](Cc1ccccc1)N(Cc1cccc(OC)c1)C(=O)CN(c1ccccc1)S(=O)(=O)c1ccccc1. The van der Waals surface area contributed by atoms with Crippen LogP contribution in [0.4, 0.5) is 5.69 Å². The van der Waals surface area contributed by atoms with Crippen molar-refractivity contribution in [2.24, 2.45) is 0 Å². The molecule has 0 saturated carbocycles. The highest BCUT2D eigenvalue weighted by Gasteiger charge is 2.34. The number of benzene rings is 4. The first-order valence-electron chi connectivity index (χ1n) is 14.7. The molecule has 9 heteroatoms. The third kappa shape index (κ3) is 8.48. The smallest absolute Gasteiger partial charge is 0.264 e. The third-order valence-electron chi connectivity index (χ3n) is 7.24. The number of amides is 2. The summed E-state index contributed by atoms with van der Waals surface area (Å²) in [7, 11) is -2.56.